The van der Waals surface area contributed by atoms with E-state index in [0.717, 1.165) is 27.3 Å². The Hall–Kier alpha value is -3.36. The third-order valence-electron chi connectivity index (χ3n) is 6.04. The van der Waals surface area contributed by atoms with Crippen molar-refractivity contribution in [2.75, 3.05) is 17.1 Å². The van der Waals surface area contributed by atoms with Crippen molar-refractivity contribution >= 4 is 39.1 Å². The quantitative estimate of drug-likeness (QED) is 0.373. The van der Waals surface area contributed by atoms with Crippen molar-refractivity contribution in [3.63, 3.8) is 0 Å². The van der Waals surface area contributed by atoms with Gasteiger partial charge in [0, 0.05) is 18.5 Å². The van der Waals surface area contributed by atoms with Crippen LogP contribution >= 0.6 is 11.6 Å². The van der Waals surface area contributed by atoms with Gasteiger partial charge in [0.15, 0.2) is 0 Å². The van der Waals surface area contributed by atoms with E-state index < -0.39 is 34.1 Å². The van der Waals surface area contributed by atoms with Gasteiger partial charge >= 0.3 is 0 Å². The number of sulfonamides is 1. The number of aryl methyl sites for hydroxylation is 1. The zero-order valence-corrected chi connectivity index (χ0v) is 24.6. The van der Waals surface area contributed by atoms with Gasteiger partial charge in [-0.3, -0.25) is 13.9 Å². The Kier molecular flexibility index (Phi) is 9.80. The van der Waals surface area contributed by atoms with Crippen LogP contribution in [-0.2, 0) is 32.6 Å². The first kappa shape index (κ1) is 30.2. The molecule has 0 fully saturated rings. The van der Waals surface area contributed by atoms with Crippen molar-refractivity contribution in [2.24, 2.45) is 0 Å². The molecular formula is C30H36ClN3O4S. The largest absolute Gasteiger partial charge is 0.350 e. The summed E-state index contributed by atoms with van der Waals surface area (Å²) in [6.45, 7) is 7.20. The number of rotatable bonds is 10. The number of hydrogen-bond donors (Lipinski definition) is 1. The summed E-state index contributed by atoms with van der Waals surface area (Å²) in [6.07, 6.45) is 1.28. The third-order valence-corrected chi connectivity index (χ3v) is 7.49. The van der Waals surface area contributed by atoms with E-state index in [-0.39, 0.29) is 29.6 Å². The molecule has 0 spiro atoms. The van der Waals surface area contributed by atoms with Gasteiger partial charge in [-0.15, -0.1) is 0 Å². The van der Waals surface area contributed by atoms with Crippen LogP contribution in [0.1, 0.15) is 37.5 Å². The molecule has 0 unspecified atom stereocenters. The van der Waals surface area contributed by atoms with Crippen molar-refractivity contribution < 1.29 is 18.0 Å². The van der Waals surface area contributed by atoms with Gasteiger partial charge in [-0.2, -0.15) is 0 Å². The second-order valence-electron chi connectivity index (χ2n) is 10.7. The highest BCUT2D eigenvalue weighted by Crippen LogP contribution is 2.28. The van der Waals surface area contributed by atoms with E-state index in [1.165, 1.54) is 4.90 Å². The number of hydrogen-bond acceptors (Lipinski definition) is 4. The molecule has 0 aromatic heterocycles. The average Bonchev–Trinajstić information content (AvgIpc) is 2.85. The lowest BCUT2D eigenvalue weighted by molar-refractivity contribution is -0.140. The van der Waals surface area contributed by atoms with Gasteiger partial charge in [0.2, 0.25) is 21.8 Å². The van der Waals surface area contributed by atoms with Gasteiger partial charge < -0.3 is 10.2 Å². The molecule has 1 N–H and O–H groups in total. The first-order chi connectivity index (χ1) is 18.2. The molecule has 0 aliphatic rings. The summed E-state index contributed by atoms with van der Waals surface area (Å²) >= 11 is 6.33. The zero-order valence-electron chi connectivity index (χ0n) is 23.0. The third kappa shape index (κ3) is 8.83. The van der Waals surface area contributed by atoms with Crippen LogP contribution in [0.4, 0.5) is 5.69 Å². The second-order valence-corrected chi connectivity index (χ2v) is 13.0. The predicted octanol–water partition coefficient (Wildman–Crippen LogP) is 4.97. The van der Waals surface area contributed by atoms with E-state index in [1.54, 1.807) is 24.3 Å². The van der Waals surface area contributed by atoms with Gasteiger partial charge in [-0.25, -0.2) is 8.42 Å². The number of nitrogens with one attached hydrogen (secondary N) is 1. The molecule has 2 amide bonds. The second kappa shape index (κ2) is 12.7. The van der Waals surface area contributed by atoms with Crippen molar-refractivity contribution in [1.29, 1.82) is 0 Å². The maximum absolute atomic E-state index is 14.1. The summed E-state index contributed by atoms with van der Waals surface area (Å²) in [6, 6.07) is 22.7. The van der Waals surface area contributed by atoms with Crippen LogP contribution in [0.2, 0.25) is 5.02 Å². The lowest BCUT2D eigenvalue weighted by Crippen LogP contribution is -2.56. The van der Waals surface area contributed by atoms with Crippen molar-refractivity contribution in [3.8, 4) is 0 Å². The van der Waals surface area contributed by atoms with Crippen LogP contribution in [0, 0.1) is 6.92 Å². The maximum atomic E-state index is 14.1. The Balaban J connectivity index is 2.08. The fourth-order valence-electron chi connectivity index (χ4n) is 4.15. The zero-order chi connectivity index (χ0) is 28.8. The highest BCUT2D eigenvalue weighted by molar-refractivity contribution is 7.92. The molecule has 7 nitrogen and oxygen atoms in total. The Morgan fingerprint density at radius 1 is 0.897 bits per heavy atom. The molecule has 208 valence electrons. The molecule has 0 heterocycles. The number of amides is 2. The molecule has 0 aliphatic carbocycles. The summed E-state index contributed by atoms with van der Waals surface area (Å²) in [5, 5.41) is 3.21. The fraction of sp³-hybridized carbons (Fsp3) is 0.333. The van der Waals surface area contributed by atoms with E-state index in [2.05, 4.69) is 5.32 Å². The van der Waals surface area contributed by atoms with E-state index in [9.17, 15) is 18.0 Å². The molecule has 1 atom stereocenters. The molecule has 0 radical (unpaired) electrons. The first-order valence-electron chi connectivity index (χ1n) is 12.7. The molecule has 0 bridgehead atoms. The predicted molar refractivity (Wildman–Crippen MR) is 157 cm³/mol. The molecule has 3 aromatic carbocycles. The summed E-state index contributed by atoms with van der Waals surface area (Å²) < 4.78 is 26.7. The Morgan fingerprint density at radius 3 is 2.05 bits per heavy atom. The summed E-state index contributed by atoms with van der Waals surface area (Å²) in [4.78, 5) is 29.2. The normalized spacial score (nSPS) is 12.5. The van der Waals surface area contributed by atoms with Gasteiger partial charge in [0.1, 0.15) is 12.6 Å². The molecule has 3 rings (SSSR count). The van der Waals surface area contributed by atoms with Crippen LogP contribution in [-0.4, -0.2) is 49.5 Å². The lowest BCUT2D eigenvalue weighted by atomic mass is 10.0. The van der Waals surface area contributed by atoms with E-state index in [1.807, 2.05) is 82.3 Å². The molecule has 39 heavy (non-hydrogen) atoms. The van der Waals surface area contributed by atoms with E-state index >= 15 is 0 Å². The minimum Gasteiger partial charge on any atom is -0.350 e. The SMILES string of the molecule is Cc1ccc(CN(C(=O)CN(c2ccccc2Cl)S(C)(=O)=O)[C@@H](Cc2ccccc2)C(=O)NC(C)(C)C)cc1. The van der Waals surface area contributed by atoms with Crippen molar-refractivity contribution in [3.05, 3.63) is 101 Å². The number of carbonyl (C=O) groups excluding carboxylic acids is 2. The number of benzene rings is 3. The average molecular weight is 570 g/mol. The highest BCUT2D eigenvalue weighted by Gasteiger charge is 2.34. The smallest absolute Gasteiger partial charge is 0.244 e. The minimum atomic E-state index is -3.88. The summed E-state index contributed by atoms with van der Waals surface area (Å²) in [5.74, 6) is -0.846. The first-order valence-corrected chi connectivity index (χ1v) is 14.9. The fourth-order valence-corrected chi connectivity index (χ4v) is 5.30. The molecule has 3 aromatic rings. The van der Waals surface area contributed by atoms with Gasteiger partial charge in [0.05, 0.1) is 17.0 Å². The lowest BCUT2D eigenvalue weighted by Gasteiger charge is -2.35. The molecule has 0 aliphatic heterocycles. The van der Waals surface area contributed by atoms with Crippen LogP contribution in [0.5, 0.6) is 0 Å². The minimum absolute atomic E-state index is 0.119. The maximum Gasteiger partial charge on any atom is 0.244 e. The summed E-state index contributed by atoms with van der Waals surface area (Å²) in [5.41, 5.74) is 2.41. The van der Waals surface area contributed by atoms with Gasteiger partial charge in [-0.1, -0.05) is 83.9 Å². The summed E-state index contributed by atoms with van der Waals surface area (Å²) in [7, 11) is -3.88. The highest BCUT2D eigenvalue weighted by atomic mass is 35.5. The van der Waals surface area contributed by atoms with Crippen LogP contribution in [0.15, 0.2) is 78.9 Å². The number of halogens is 1. The molecule has 9 heteroatoms. The molecule has 0 saturated heterocycles. The topological polar surface area (TPSA) is 86.8 Å². The number of nitrogens with zero attached hydrogens (tertiary/aromatic N) is 2. The standard InChI is InChI=1S/C30H36ClN3O4S/c1-22-15-17-24(18-16-22)20-33(27(29(36)32-30(2,3)4)19-23-11-7-6-8-12-23)28(35)21-34(39(5,37)38)26-14-10-9-13-25(26)31/h6-18,27H,19-21H2,1-5H3,(H,32,36)/t27-/m0/s1. The van der Waals surface area contributed by atoms with Crippen molar-refractivity contribution in [2.45, 2.75) is 52.2 Å². The van der Waals surface area contributed by atoms with Crippen LogP contribution in [0.25, 0.3) is 0 Å². The molecule has 0 saturated carbocycles. The van der Waals surface area contributed by atoms with E-state index in [4.69, 9.17) is 11.6 Å². The Morgan fingerprint density at radius 2 is 1.49 bits per heavy atom. The van der Waals surface area contributed by atoms with Gasteiger partial charge in [0.25, 0.3) is 0 Å². The number of carbonyl (C=O) groups is 2. The Labute approximate surface area is 236 Å². The van der Waals surface area contributed by atoms with Crippen LogP contribution in [0.3, 0.4) is 0 Å². The number of para-hydroxylation sites is 1. The van der Waals surface area contributed by atoms with E-state index in [0.29, 0.717) is 0 Å². The van der Waals surface area contributed by atoms with Gasteiger partial charge in [-0.05, 0) is 51.0 Å². The van der Waals surface area contributed by atoms with Crippen LogP contribution < -0.4 is 9.62 Å². The number of anilines is 1. The molecular weight excluding hydrogens is 534 g/mol. The Bertz CT molecular complexity index is 1390. The monoisotopic (exact) mass is 569 g/mol. The van der Waals surface area contributed by atoms with Crippen molar-refractivity contribution in [1.82, 2.24) is 10.2 Å².